The van der Waals surface area contributed by atoms with E-state index in [1.54, 1.807) is 24.4 Å². The maximum atomic E-state index is 13.8. The minimum Gasteiger partial charge on any atom is -0.485 e. The zero-order valence-corrected chi connectivity index (χ0v) is 13.1. The molecule has 24 heavy (non-hydrogen) atoms. The molecule has 0 aliphatic carbocycles. The molecule has 2 N–H and O–H groups in total. The van der Waals surface area contributed by atoms with Gasteiger partial charge in [0.2, 0.25) is 0 Å². The monoisotopic (exact) mass is 345 g/mol. The second-order valence-electron chi connectivity index (χ2n) is 5.01. The van der Waals surface area contributed by atoms with Crippen molar-refractivity contribution in [3.05, 3.63) is 76.9 Å². The molecule has 0 fully saturated rings. The van der Waals surface area contributed by atoms with Crippen molar-refractivity contribution in [2.45, 2.75) is 6.61 Å². The summed E-state index contributed by atoms with van der Waals surface area (Å²) in [6, 6.07) is 13.9. The summed E-state index contributed by atoms with van der Waals surface area (Å²) in [5.41, 5.74) is 7.36. The topological polar surface area (TPSA) is 48.1 Å². The molecule has 0 spiro atoms. The number of hydrogen-bond donors (Lipinski definition) is 1. The van der Waals surface area contributed by atoms with E-state index in [1.807, 2.05) is 12.1 Å². The van der Waals surface area contributed by atoms with E-state index in [4.69, 9.17) is 22.1 Å². The summed E-state index contributed by atoms with van der Waals surface area (Å²) < 4.78 is 32.8. The Morgan fingerprint density at radius 1 is 1.17 bits per heavy atom. The van der Waals surface area contributed by atoms with Crippen LogP contribution in [0, 0.1) is 17.7 Å². The van der Waals surface area contributed by atoms with Crippen LogP contribution in [0.25, 0.3) is 11.1 Å². The number of pyridine rings is 1. The number of nitrogens with two attached hydrogens (primary N) is 1. The van der Waals surface area contributed by atoms with Crippen molar-refractivity contribution in [1.82, 2.24) is 4.98 Å². The summed E-state index contributed by atoms with van der Waals surface area (Å²) >= 11 is 5.79. The Balaban J connectivity index is 1.87. The summed E-state index contributed by atoms with van der Waals surface area (Å²) in [7, 11) is 0. The maximum absolute atomic E-state index is 13.8. The van der Waals surface area contributed by atoms with E-state index < -0.39 is 11.6 Å². The van der Waals surface area contributed by atoms with Gasteiger partial charge in [0.25, 0.3) is 0 Å². The van der Waals surface area contributed by atoms with Gasteiger partial charge in [-0.1, -0.05) is 29.8 Å². The molecule has 1 radical (unpaired) electrons. The van der Waals surface area contributed by atoms with E-state index in [0.29, 0.717) is 0 Å². The SMILES string of the molecule is Nc1ncc(-c2c[c]ccc2)cc1OCc1c(F)ccc(F)c1Cl. The zero-order chi connectivity index (χ0) is 17.1. The van der Waals surface area contributed by atoms with Crippen molar-refractivity contribution in [2.75, 3.05) is 5.73 Å². The van der Waals surface area contributed by atoms with Crippen molar-refractivity contribution in [3.8, 4) is 16.9 Å². The average molecular weight is 346 g/mol. The molecule has 0 bridgehead atoms. The number of ether oxygens (including phenoxy) is 1. The lowest BCUT2D eigenvalue weighted by Gasteiger charge is -2.12. The van der Waals surface area contributed by atoms with Crippen LogP contribution in [0.5, 0.6) is 5.75 Å². The Morgan fingerprint density at radius 2 is 1.96 bits per heavy atom. The largest absolute Gasteiger partial charge is 0.485 e. The van der Waals surface area contributed by atoms with Gasteiger partial charge in [-0.15, -0.1) is 0 Å². The summed E-state index contributed by atoms with van der Waals surface area (Å²) in [4.78, 5) is 4.07. The van der Waals surface area contributed by atoms with Crippen molar-refractivity contribution in [1.29, 1.82) is 0 Å². The first kappa shape index (κ1) is 16.2. The number of nitrogens with zero attached hydrogens (tertiary/aromatic N) is 1. The van der Waals surface area contributed by atoms with E-state index in [2.05, 4.69) is 11.1 Å². The molecule has 0 atom stereocenters. The molecular formula is C18H12ClF2N2O. The molecule has 0 aliphatic heterocycles. The van der Waals surface area contributed by atoms with Gasteiger partial charge in [0, 0.05) is 17.3 Å². The lowest BCUT2D eigenvalue weighted by atomic mass is 10.1. The molecule has 3 nitrogen and oxygen atoms in total. The van der Waals surface area contributed by atoms with Crippen LogP contribution in [-0.4, -0.2) is 4.98 Å². The Hall–Kier alpha value is -2.66. The van der Waals surface area contributed by atoms with Crippen LogP contribution >= 0.6 is 11.6 Å². The number of nitrogen functional groups attached to an aromatic ring is 1. The Bertz CT molecular complexity index is 872. The maximum Gasteiger partial charge on any atom is 0.166 e. The molecule has 121 valence electrons. The fourth-order valence-corrected chi connectivity index (χ4v) is 2.36. The molecule has 1 aromatic heterocycles. The fraction of sp³-hybridized carbons (Fsp3) is 0.0556. The van der Waals surface area contributed by atoms with Crippen LogP contribution in [0.4, 0.5) is 14.6 Å². The average Bonchev–Trinajstić information content (AvgIpc) is 2.60. The van der Waals surface area contributed by atoms with E-state index >= 15 is 0 Å². The smallest absolute Gasteiger partial charge is 0.166 e. The quantitative estimate of drug-likeness (QED) is 0.701. The molecule has 0 unspecified atom stereocenters. The predicted octanol–water partition coefficient (Wildman–Crippen LogP) is 4.64. The lowest BCUT2D eigenvalue weighted by Crippen LogP contribution is -2.04. The standard InChI is InChI=1S/C18H12ClF2N2O/c19-17-13(14(20)6-7-15(17)21)10-24-16-8-12(9-23-18(16)22)11-4-2-1-3-5-11/h1-2,4-9H,10H2,(H2,22,23). The molecule has 2 aromatic carbocycles. The minimum absolute atomic E-state index is 0.0745. The van der Waals surface area contributed by atoms with Gasteiger partial charge in [-0.25, -0.2) is 13.8 Å². The highest BCUT2D eigenvalue weighted by molar-refractivity contribution is 6.31. The van der Waals surface area contributed by atoms with Gasteiger partial charge in [0.15, 0.2) is 11.6 Å². The van der Waals surface area contributed by atoms with Crippen LogP contribution in [0.15, 0.2) is 48.7 Å². The van der Waals surface area contributed by atoms with Crippen molar-refractivity contribution in [3.63, 3.8) is 0 Å². The Labute approximate surface area is 142 Å². The molecule has 0 amide bonds. The number of anilines is 1. The third kappa shape index (κ3) is 3.31. The summed E-state index contributed by atoms with van der Waals surface area (Å²) in [5, 5.41) is -0.310. The first-order valence-electron chi connectivity index (χ1n) is 7.03. The van der Waals surface area contributed by atoms with Crippen molar-refractivity contribution in [2.24, 2.45) is 0 Å². The molecule has 0 aliphatic rings. The molecular weight excluding hydrogens is 334 g/mol. The van der Waals surface area contributed by atoms with Crippen LogP contribution in [-0.2, 0) is 6.61 Å². The van der Waals surface area contributed by atoms with Crippen LogP contribution < -0.4 is 10.5 Å². The highest BCUT2D eigenvalue weighted by Gasteiger charge is 2.14. The second-order valence-corrected chi connectivity index (χ2v) is 5.39. The predicted molar refractivity (Wildman–Crippen MR) is 88.6 cm³/mol. The number of benzene rings is 2. The molecule has 3 rings (SSSR count). The lowest BCUT2D eigenvalue weighted by molar-refractivity contribution is 0.300. The first-order chi connectivity index (χ1) is 11.6. The van der Waals surface area contributed by atoms with Crippen LogP contribution in [0.3, 0.4) is 0 Å². The summed E-state index contributed by atoms with van der Waals surface area (Å²) in [5.74, 6) is -0.958. The van der Waals surface area contributed by atoms with Gasteiger partial charge in [0.05, 0.1) is 5.02 Å². The summed E-state index contributed by atoms with van der Waals surface area (Å²) in [6.07, 6.45) is 1.60. The van der Waals surface area contributed by atoms with E-state index in [0.717, 1.165) is 23.3 Å². The number of halogens is 3. The zero-order valence-electron chi connectivity index (χ0n) is 12.4. The molecule has 0 saturated heterocycles. The van der Waals surface area contributed by atoms with Crippen molar-refractivity contribution < 1.29 is 13.5 Å². The Morgan fingerprint density at radius 3 is 2.71 bits per heavy atom. The van der Waals surface area contributed by atoms with Gasteiger partial charge >= 0.3 is 0 Å². The summed E-state index contributed by atoms with van der Waals surface area (Å²) in [6.45, 7) is -0.265. The Kier molecular flexibility index (Phi) is 4.62. The van der Waals surface area contributed by atoms with Gasteiger partial charge in [-0.3, -0.25) is 0 Å². The van der Waals surface area contributed by atoms with E-state index in [-0.39, 0.29) is 28.8 Å². The third-order valence-corrected chi connectivity index (χ3v) is 3.84. The van der Waals surface area contributed by atoms with E-state index in [1.165, 1.54) is 0 Å². The molecule has 1 heterocycles. The normalized spacial score (nSPS) is 10.6. The molecule has 3 aromatic rings. The van der Waals surface area contributed by atoms with Gasteiger partial charge in [-0.05, 0) is 35.9 Å². The highest BCUT2D eigenvalue weighted by atomic mass is 35.5. The van der Waals surface area contributed by atoms with Crippen LogP contribution in [0.2, 0.25) is 5.02 Å². The van der Waals surface area contributed by atoms with Crippen LogP contribution in [0.1, 0.15) is 5.56 Å². The van der Waals surface area contributed by atoms with Gasteiger partial charge in [-0.2, -0.15) is 0 Å². The minimum atomic E-state index is -0.712. The van der Waals surface area contributed by atoms with E-state index in [9.17, 15) is 8.78 Å². The van der Waals surface area contributed by atoms with Crippen molar-refractivity contribution >= 4 is 17.4 Å². The number of rotatable bonds is 4. The molecule has 0 saturated carbocycles. The highest BCUT2D eigenvalue weighted by Crippen LogP contribution is 2.29. The molecule has 6 heteroatoms. The fourth-order valence-electron chi connectivity index (χ4n) is 2.15. The van der Waals surface area contributed by atoms with Gasteiger partial charge in [0.1, 0.15) is 18.2 Å². The second kappa shape index (κ2) is 6.84. The number of hydrogen-bond acceptors (Lipinski definition) is 3. The third-order valence-electron chi connectivity index (χ3n) is 3.43. The van der Waals surface area contributed by atoms with Gasteiger partial charge < -0.3 is 10.5 Å². The number of aromatic nitrogens is 1. The first-order valence-corrected chi connectivity index (χ1v) is 7.41.